The summed E-state index contributed by atoms with van der Waals surface area (Å²) in [6.45, 7) is 0.484. The molecule has 3 heteroatoms. The second-order valence-electron chi connectivity index (χ2n) is 1.38. The minimum absolute atomic E-state index is 0.484. The van der Waals surface area contributed by atoms with E-state index in [1.54, 1.807) is 5.41 Å². The molecule has 8 heavy (non-hydrogen) atoms. The quantitative estimate of drug-likeness (QED) is 0.364. The van der Waals surface area contributed by atoms with Crippen LogP contribution in [0.5, 0.6) is 0 Å². The maximum absolute atomic E-state index is 10.5. The maximum Gasteiger partial charge on any atom is 0.242 e. The third-order valence-electron chi connectivity index (χ3n) is 0.759. The first-order chi connectivity index (χ1) is 3.89. The summed E-state index contributed by atoms with van der Waals surface area (Å²) in [6, 6.07) is 0. The van der Waals surface area contributed by atoms with Gasteiger partial charge in [0.2, 0.25) is 18.5 Å². The predicted molar refractivity (Wildman–Crippen MR) is 34.4 cm³/mol. The first-order valence-electron chi connectivity index (χ1n) is 2.33. The molecule has 0 aromatic heterocycles. The van der Waals surface area contributed by atoms with Crippen molar-refractivity contribution in [3.63, 3.8) is 0 Å². The lowest BCUT2D eigenvalue weighted by Gasteiger charge is -1.72. The van der Waals surface area contributed by atoms with Crippen LogP contribution >= 0.6 is 11.9 Å². The van der Waals surface area contributed by atoms with Gasteiger partial charge in [0.25, 0.3) is 0 Å². The van der Waals surface area contributed by atoms with Crippen LogP contribution in [0, 0.1) is 4.91 Å². The standard InChI is InChI=1S/C5H6NOS/c7-6-4-2-1-3-5-8-6/h1-3,5H,4H2/q+1. The molecule has 0 aromatic rings. The molecule has 0 spiro atoms. The van der Waals surface area contributed by atoms with Crippen molar-refractivity contribution >= 4 is 11.9 Å². The zero-order chi connectivity index (χ0) is 5.82. The number of hydrogen-bond donors (Lipinski definition) is 0. The number of hydrogen-bond acceptors (Lipinski definition) is 2. The van der Waals surface area contributed by atoms with E-state index in [4.69, 9.17) is 0 Å². The Labute approximate surface area is 52.0 Å². The molecule has 0 amide bonds. The minimum atomic E-state index is 0.484. The Kier molecular flexibility index (Phi) is 1.86. The molecule has 2 nitrogen and oxygen atoms in total. The number of rotatable bonds is 0. The summed E-state index contributed by atoms with van der Waals surface area (Å²) in [7, 11) is 0. The largest absolute Gasteiger partial charge is 0.242 e. The average Bonchev–Trinajstić information content (AvgIpc) is 1.94. The Morgan fingerprint density at radius 1 is 1.50 bits per heavy atom. The Morgan fingerprint density at radius 3 is 3.25 bits per heavy atom. The summed E-state index contributed by atoms with van der Waals surface area (Å²) in [4.78, 5) is 10.5. The van der Waals surface area contributed by atoms with E-state index >= 15 is 0 Å². The first-order valence-corrected chi connectivity index (χ1v) is 3.16. The van der Waals surface area contributed by atoms with Gasteiger partial charge in [-0.15, -0.1) is 0 Å². The zero-order valence-electron chi connectivity index (χ0n) is 4.28. The van der Waals surface area contributed by atoms with Gasteiger partial charge in [-0.2, -0.15) is 0 Å². The summed E-state index contributed by atoms with van der Waals surface area (Å²) >= 11 is 1.17. The molecule has 42 valence electrons. The molecule has 0 radical (unpaired) electrons. The number of nitrogens with zero attached hydrogens (tertiary/aromatic N) is 1. The van der Waals surface area contributed by atoms with Crippen LogP contribution in [0.1, 0.15) is 0 Å². The Balaban J connectivity index is 2.58. The summed E-state index contributed by atoms with van der Waals surface area (Å²) in [5.74, 6) is 0. The fourth-order valence-corrected chi connectivity index (χ4v) is 0.886. The van der Waals surface area contributed by atoms with Gasteiger partial charge >= 0.3 is 0 Å². The summed E-state index contributed by atoms with van der Waals surface area (Å²) in [5.41, 5.74) is 0. The minimum Gasteiger partial charge on any atom is -0.0591 e. The maximum atomic E-state index is 10.5. The van der Waals surface area contributed by atoms with Crippen molar-refractivity contribution in [1.82, 2.24) is 0 Å². The molecule has 0 saturated carbocycles. The molecule has 0 aliphatic carbocycles. The molecular weight excluding hydrogens is 122 g/mol. The summed E-state index contributed by atoms with van der Waals surface area (Å²) in [5, 5.41) is 1.76. The Hall–Kier alpha value is -0.570. The van der Waals surface area contributed by atoms with Crippen LogP contribution in [0.4, 0.5) is 0 Å². The molecule has 0 aromatic carbocycles. The van der Waals surface area contributed by atoms with Crippen LogP contribution in [0.2, 0.25) is 0 Å². The normalized spacial score (nSPS) is 18.8. The van der Waals surface area contributed by atoms with Crippen molar-refractivity contribution in [2.75, 3.05) is 6.54 Å². The number of nitroso groups, excluding NO2 is 1. The van der Waals surface area contributed by atoms with Crippen LogP contribution < -0.4 is 0 Å². The van der Waals surface area contributed by atoms with E-state index in [-0.39, 0.29) is 0 Å². The molecule has 1 aliphatic rings. The molecule has 0 bridgehead atoms. The van der Waals surface area contributed by atoms with Gasteiger partial charge in [0.15, 0.2) is 0 Å². The molecular formula is C5H6NOS+. The predicted octanol–water partition coefficient (Wildman–Crippen LogP) is 1.50. The van der Waals surface area contributed by atoms with Gasteiger partial charge in [-0.3, -0.25) is 0 Å². The summed E-state index contributed by atoms with van der Waals surface area (Å²) in [6.07, 6.45) is 5.54. The van der Waals surface area contributed by atoms with Gasteiger partial charge in [-0.1, -0.05) is 6.08 Å². The van der Waals surface area contributed by atoms with Crippen molar-refractivity contribution < 1.29 is 4.17 Å². The van der Waals surface area contributed by atoms with Crippen LogP contribution in [0.3, 0.4) is 0 Å². The van der Waals surface area contributed by atoms with Gasteiger partial charge in [0.05, 0.1) is 4.17 Å². The second-order valence-corrected chi connectivity index (χ2v) is 2.27. The fraction of sp³-hybridized carbons (Fsp3) is 0.200. The van der Waals surface area contributed by atoms with Crippen molar-refractivity contribution in [1.29, 1.82) is 0 Å². The van der Waals surface area contributed by atoms with Gasteiger partial charge in [0.1, 0.15) is 0 Å². The monoisotopic (exact) mass is 128 g/mol. The molecule has 0 N–H and O–H groups in total. The van der Waals surface area contributed by atoms with Gasteiger partial charge < -0.3 is 0 Å². The highest BCUT2D eigenvalue weighted by Gasteiger charge is 2.04. The van der Waals surface area contributed by atoms with E-state index in [0.29, 0.717) is 6.54 Å². The third-order valence-corrected chi connectivity index (χ3v) is 1.42. The lowest BCUT2D eigenvalue weighted by Crippen LogP contribution is -1.92. The lowest BCUT2D eigenvalue weighted by atomic mass is 10.5. The van der Waals surface area contributed by atoms with Gasteiger partial charge in [-0.05, 0) is 12.2 Å². The van der Waals surface area contributed by atoms with Crippen molar-refractivity contribution in [3.8, 4) is 0 Å². The highest BCUT2D eigenvalue weighted by Crippen LogP contribution is 2.05. The van der Waals surface area contributed by atoms with Crippen molar-refractivity contribution in [2.45, 2.75) is 0 Å². The molecule has 0 atom stereocenters. The second kappa shape index (κ2) is 2.67. The van der Waals surface area contributed by atoms with Crippen LogP contribution in [0.15, 0.2) is 23.6 Å². The van der Waals surface area contributed by atoms with Gasteiger partial charge in [-0.25, -0.2) is 0 Å². The van der Waals surface area contributed by atoms with E-state index < -0.39 is 0 Å². The average molecular weight is 128 g/mol. The van der Waals surface area contributed by atoms with Gasteiger partial charge in [0, 0.05) is 10.3 Å². The zero-order valence-corrected chi connectivity index (χ0v) is 5.10. The molecule has 0 fully saturated rings. The SMILES string of the molecule is O=[N+]1CC=CC=CS1. The molecule has 1 aliphatic heterocycles. The van der Waals surface area contributed by atoms with Crippen LogP contribution in [-0.4, -0.2) is 10.7 Å². The Bertz CT molecular complexity index is 135. The number of allylic oxidation sites excluding steroid dienone is 2. The Morgan fingerprint density at radius 2 is 2.38 bits per heavy atom. The van der Waals surface area contributed by atoms with E-state index in [0.717, 1.165) is 4.17 Å². The first kappa shape index (κ1) is 5.56. The van der Waals surface area contributed by atoms with Crippen molar-refractivity contribution in [3.05, 3.63) is 28.5 Å². The van der Waals surface area contributed by atoms with E-state index in [2.05, 4.69) is 0 Å². The molecule has 0 unspecified atom stereocenters. The lowest BCUT2D eigenvalue weighted by molar-refractivity contribution is -0.356. The topological polar surface area (TPSA) is 20.1 Å². The smallest absolute Gasteiger partial charge is 0.0591 e. The highest BCUT2D eigenvalue weighted by molar-refractivity contribution is 7.96. The molecule has 0 saturated heterocycles. The van der Waals surface area contributed by atoms with Crippen molar-refractivity contribution in [2.24, 2.45) is 0 Å². The van der Waals surface area contributed by atoms with E-state index in [1.807, 2.05) is 18.2 Å². The molecule has 1 rings (SSSR count). The van der Waals surface area contributed by atoms with E-state index in [9.17, 15) is 4.91 Å². The highest BCUT2D eigenvalue weighted by atomic mass is 32.2. The van der Waals surface area contributed by atoms with Crippen LogP contribution in [0.25, 0.3) is 0 Å². The summed E-state index contributed by atoms with van der Waals surface area (Å²) < 4.78 is 0.917. The fourth-order valence-electron chi connectivity index (χ4n) is 0.417. The molecule has 1 heterocycles. The third kappa shape index (κ3) is 1.50. The van der Waals surface area contributed by atoms with E-state index in [1.165, 1.54) is 11.9 Å². The van der Waals surface area contributed by atoms with Crippen LogP contribution in [-0.2, 0) is 0 Å².